The molecular formula is C11H22N2O. The molecule has 0 aliphatic rings. The van der Waals surface area contributed by atoms with E-state index in [1.54, 1.807) is 11.0 Å². The minimum atomic E-state index is 0.195. The summed E-state index contributed by atoms with van der Waals surface area (Å²) in [5.41, 5.74) is 0. The Morgan fingerprint density at radius 3 is 2.64 bits per heavy atom. The first kappa shape index (κ1) is 13.2. The van der Waals surface area contributed by atoms with Crippen molar-refractivity contribution >= 4 is 5.91 Å². The van der Waals surface area contributed by atoms with Gasteiger partial charge in [-0.25, -0.2) is 0 Å². The van der Waals surface area contributed by atoms with E-state index < -0.39 is 0 Å². The molecule has 0 aromatic rings. The Kier molecular flexibility index (Phi) is 7.11. The number of carbonyl (C=O) groups excluding carboxylic acids is 1. The molecule has 0 saturated heterocycles. The van der Waals surface area contributed by atoms with Crippen LogP contribution in [0.15, 0.2) is 12.7 Å². The van der Waals surface area contributed by atoms with E-state index in [9.17, 15) is 4.79 Å². The average Bonchev–Trinajstić information content (AvgIpc) is 2.13. The minimum absolute atomic E-state index is 0.195. The summed E-state index contributed by atoms with van der Waals surface area (Å²) in [4.78, 5) is 13.4. The van der Waals surface area contributed by atoms with Gasteiger partial charge < -0.3 is 10.2 Å². The molecule has 82 valence electrons. The highest BCUT2D eigenvalue weighted by Crippen LogP contribution is 1.94. The third-order valence-electron chi connectivity index (χ3n) is 1.98. The Hall–Kier alpha value is -0.830. The first-order valence-electron chi connectivity index (χ1n) is 5.23. The quantitative estimate of drug-likeness (QED) is 0.627. The van der Waals surface area contributed by atoms with E-state index in [2.05, 4.69) is 25.7 Å². The maximum absolute atomic E-state index is 11.6. The molecule has 0 aliphatic carbocycles. The lowest BCUT2D eigenvalue weighted by molar-refractivity contribution is -0.130. The Morgan fingerprint density at radius 1 is 1.57 bits per heavy atom. The van der Waals surface area contributed by atoms with Gasteiger partial charge in [-0.05, 0) is 6.92 Å². The Bertz CT molecular complexity index is 178. The Balaban J connectivity index is 3.74. The van der Waals surface area contributed by atoms with Crippen molar-refractivity contribution in [1.29, 1.82) is 0 Å². The van der Waals surface area contributed by atoms with Crippen LogP contribution in [0.2, 0.25) is 0 Å². The van der Waals surface area contributed by atoms with Gasteiger partial charge in [0.05, 0.1) is 0 Å². The van der Waals surface area contributed by atoms with E-state index in [0.717, 1.165) is 13.1 Å². The number of likely N-dealkylation sites (N-methyl/N-ethyl adjacent to an activating group) is 1. The molecule has 0 aliphatic heterocycles. The fourth-order valence-corrected chi connectivity index (χ4v) is 1.19. The summed E-state index contributed by atoms with van der Waals surface area (Å²) < 4.78 is 0. The van der Waals surface area contributed by atoms with Gasteiger partial charge in [-0.2, -0.15) is 0 Å². The van der Waals surface area contributed by atoms with Gasteiger partial charge in [0.1, 0.15) is 0 Å². The molecule has 3 heteroatoms. The van der Waals surface area contributed by atoms with Crippen molar-refractivity contribution < 1.29 is 4.79 Å². The second kappa shape index (κ2) is 7.56. The van der Waals surface area contributed by atoms with Gasteiger partial charge in [-0.1, -0.05) is 19.9 Å². The van der Waals surface area contributed by atoms with Gasteiger partial charge in [0, 0.05) is 32.1 Å². The largest absolute Gasteiger partial charge is 0.339 e. The summed E-state index contributed by atoms with van der Waals surface area (Å²) in [7, 11) is 0. The lowest BCUT2D eigenvalue weighted by Gasteiger charge is -2.19. The molecule has 14 heavy (non-hydrogen) atoms. The predicted molar refractivity (Wildman–Crippen MR) is 60.2 cm³/mol. The molecule has 0 spiro atoms. The number of nitrogens with one attached hydrogen (secondary N) is 1. The lowest BCUT2D eigenvalue weighted by Crippen LogP contribution is -2.34. The van der Waals surface area contributed by atoms with Crippen LogP contribution >= 0.6 is 0 Å². The zero-order valence-corrected chi connectivity index (χ0v) is 9.55. The molecule has 0 radical (unpaired) electrons. The van der Waals surface area contributed by atoms with Gasteiger partial charge in [-0.15, -0.1) is 6.58 Å². The maximum atomic E-state index is 11.6. The Labute approximate surface area is 87.2 Å². The molecule has 0 rings (SSSR count). The first-order chi connectivity index (χ1) is 6.61. The smallest absolute Gasteiger partial charge is 0.224 e. The van der Waals surface area contributed by atoms with Crippen molar-refractivity contribution in [2.45, 2.75) is 33.2 Å². The molecule has 0 fully saturated rings. The van der Waals surface area contributed by atoms with E-state index in [4.69, 9.17) is 0 Å². The van der Waals surface area contributed by atoms with Crippen LogP contribution in [-0.4, -0.2) is 36.5 Å². The average molecular weight is 198 g/mol. The third kappa shape index (κ3) is 5.75. The van der Waals surface area contributed by atoms with E-state index in [-0.39, 0.29) is 5.91 Å². The second-order valence-corrected chi connectivity index (χ2v) is 3.58. The van der Waals surface area contributed by atoms with Crippen molar-refractivity contribution in [2.75, 3.05) is 19.6 Å². The van der Waals surface area contributed by atoms with Gasteiger partial charge in [0.2, 0.25) is 5.91 Å². The molecule has 1 amide bonds. The molecule has 0 bridgehead atoms. The third-order valence-corrected chi connectivity index (χ3v) is 1.98. The fourth-order valence-electron chi connectivity index (χ4n) is 1.19. The topological polar surface area (TPSA) is 32.3 Å². The summed E-state index contributed by atoms with van der Waals surface area (Å²) >= 11 is 0. The number of hydrogen-bond acceptors (Lipinski definition) is 2. The van der Waals surface area contributed by atoms with E-state index in [0.29, 0.717) is 19.0 Å². The van der Waals surface area contributed by atoms with E-state index in [1.807, 2.05) is 6.92 Å². The number of rotatable bonds is 7. The number of carbonyl (C=O) groups is 1. The summed E-state index contributed by atoms with van der Waals surface area (Å²) in [5, 5.41) is 3.22. The van der Waals surface area contributed by atoms with Gasteiger partial charge in [0.25, 0.3) is 0 Å². The molecular weight excluding hydrogens is 176 g/mol. The monoisotopic (exact) mass is 198 g/mol. The van der Waals surface area contributed by atoms with Gasteiger partial charge in [0.15, 0.2) is 0 Å². The van der Waals surface area contributed by atoms with Crippen LogP contribution in [0.3, 0.4) is 0 Å². The lowest BCUT2D eigenvalue weighted by atomic mass is 10.3. The molecule has 0 unspecified atom stereocenters. The normalized spacial score (nSPS) is 10.3. The van der Waals surface area contributed by atoms with Crippen LogP contribution < -0.4 is 5.32 Å². The van der Waals surface area contributed by atoms with Crippen LogP contribution in [0.5, 0.6) is 0 Å². The molecule has 3 nitrogen and oxygen atoms in total. The second-order valence-electron chi connectivity index (χ2n) is 3.58. The highest BCUT2D eigenvalue weighted by molar-refractivity contribution is 5.76. The van der Waals surface area contributed by atoms with Gasteiger partial charge in [-0.3, -0.25) is 4.79 Å². The maximum Gasteiger partial charge on any atom is 0.224 e. The van der Waals surface area contributed by atoms with Crippen molar-refractivity contribution in [2.24, 2.45) is 0 Å². The standard InChI is InChI=1S/C11H22N2O/c1-5-9-13(6-2)11(14)7-8-12-10(3)4/h5,10,12H,1,6-9H2,2-4H3. The molecule has 0 atom stereocenters. The van der Waals surface area contributed by atoms with Crippen LogP contribution in [0.1, 0.15) is 27.2 Å². The molecule has 0 aromatic carbocycles. The first-order valence-corrected chi connectivity index (χ1v) is 5.23. The zero-order chi connectivity index (χ0) is 11.0. The predicted octanol–water partition coefficient (Wildman–Crippen LogP) is 1.41. The van der Waals surface area contributed by atoms with Crippen molar-refractivity contribution in [3.63, 3.8) is 0 Å². The van der Waals surface area contributed by atoms with Crippen LogP contribution in [-0.2, 0) is 4.79 Å². The molecule has 1 N–H and O–H groups in total. The van der Waals surface area contributed by atoms with Crippen molar-refractivity contribution in [3.8, 4) is 0 Å². The minimum Gasteiger partial charge on any atom is -0.339 e. The van der Waals surface area contributed by atoms with Gasteiger partial charge >= 0.3 is 0 Å². The van der Waals surface area contributed by atoms with Crippen LogP contribution in [0, 0.1) is 0 Å². The summed E-state index contributed by atoms with van der Waals surface area (Å²) in [5.74, 6) is 0.195. The molecule has 0 heterocycles. The summed E-state index contributed by atoms with van der Waals surface area (Å²) in [6.07, 6.45) is 2.33. The highest BCUT2D eigenvalue weighted by atomic mass is 16.2. The van der Waals surface area contributed by atoms with Crippen LogP contribution in [0.25, 0.3) is 0 Å². The van der Waals surface area contributed by atoms with E-state index in [1.165, 1.54) is 0 Å². The molecule has 0 aromatic heterocycles. The fraction of sp³-hybridized carbons (Fsp3) is 0.727. The number of amides is 1. The SMILES string of the molecule is C=CCN(CC)C(=O)CCNC(C)C. The van der Waals surface area contributed by atoms with Crippen LogP contribution in [0.4, 0.5) is 0 Å². The van der Waals surface area contributed by atoms with E-state index >= 15 is 0 Å². The Morgan fingerprint density at radius 2 is 2.21 bits per heavy atom. The highest BCUT2D eigenvalue weighted by Gasteiger charge is 2.08. The van der Waals surface area contributed by atoms with Crippen molar-refractivity contribution in [1.82, 2.24) is 10.2 Å². The molecule has 0 saturated carbocycles. The number of nitrogens with zero attached hydrogens (tertiary/aromatic N) is 1. The zero-order valence-electron chi connectivity index (χ0n) is 9.55. The number of hydrogen-bond donors (Lipinski definition) is 1. The summed E-state index contributed by atoms with van der Waals surface area (Å²) in [6.45, 7) is 11.9. The van der Waals surface area contributed by atoms with Crippen molar-refractivity contribution in [3.05, 3.63) is 12.7 Å². The summed E-state index contributed by atoms with van der Waals surface area (Å²) in [6, 6.07) is 0.442.